The fourth-order valence-electron chi connectivity index (χ4n) is 2.89. The lowest BCUT2D eigenvalue weighted by atomic mass is 10.1. The molecular formula is C19H15FN4O. The average molecular weight is 334 g/mol. The Morgan fingerprint density at radius 1 is 1.16 bits per heavy atom. The number of imidazole rings is 1. The van der Waals surface area contributed by atoms with Gasteiger partial charge < -0.3 is 9.55 Å². The molecule has 0 saturated heterocycles. The molecule has 5 nitrogen and oxygen atoms in total. The molecule has 0 saturated carbocycles. The van der Waals surface area contributed by atoms with E-state index in [-0.39, 0.29) is 11.4 Å². The predicted molar refractivity (Wildman–Crippen MR) is 93.8 cm³/mol. The Morgan fingerprint density at radius 2 is 2.00 bits per heavy atom. The van der Waals surface area contributed by atoms with Crippen LogP contribution in [0.1, 0.15) is 11.1 Å². The van der Waals surface area contributed by atoms with E-state index in [4.69, 9.17) is 0 Å². The van der Waals surface area contributed by atoms with Crippen LogP contribution < -0.4 is 5.56 Å². The molecule has 0 unspecified atom stereocenters. The highest BCUT2D eigenvalue weighted by atomic mass is 19.1. The molecule has 0 spiro atoms. The molecule has 25 heavy (non-hydrogen) atoms. The third-order valence-electron chi connectivity index (χ3n) is 4.02. The van der Waals surface area contributed by atoms with Crippen LogP contribution in [0.25, 0.3) is 22.6 Å². The molecule has 4 rings (SSSR count). The molecule has 4 aromatic rings. The van der Waals surface area contributed by atoms with Gasteiger partial charge in [0.1, 0.15) is 11.6 Å². The van der Waals surface area contributed by atoms with Gasteiger partial charge in [0.25, 0.3) is 5.56 Å². The molecule has 0 aliphatic heterocycles. The minimum Gasteiger partial charge on any atom is -0.320 e. The molecule has 6 heteroatoms. The largest absolute Gasteiger partial charge is 0.320 e. The third-order valence-corrected chi connectivity index (χ3v) is 4.02. The van der Waals surface area contributed by atoms with E-state index in [9.17, 15) is 9.18 Å². The highest BCUT2D eigenvalue weighted by Gasteiger charge is 2.12. The third kappa shape index (κ3) is 2.94. The van der Waals surface area contributed by atoms with E-state index >= 15 is 0 Å². The van der Waals surface area contributed by atoms with Crippen molar-refractivity contribution in [2.45, 2.75) is 13.5 Å². The van der Waals surface area contributed by atoms with Crippen LogP contribution in [-0.4, -0.2) is 19.5 Å². The Hall–Kier alpha value is -3.28. The molecule has 124 valence electrons. The molecule has 0 aliphatic rings. The first kappa shape index (κ1) is 15.3. The SMILES string of the molecule is Cc1cccc(Cn2cnc3nc(-c4cccc(F)c4)[nH]c(=O)c32)c1. The molecule has 0 amide bonds. The van der Waals surface area contributed by atoms with Crippen LogP contribution >= 0.6 is 0 Å². The minimum absolute atomic E-state index is 0.297. The summed E-state index contributed by atoms with van der Waals surface area (Å²) in [5.41, 5.74) is 3.19. The van der Waals surface area contributed by atoms with Crippen LogP contribution in [0.4, 0.5) is 4.39 Å². The number of aromatic nitrogens is 4. The van der Waals surface area contributed by atoms with Gasteiger partial charge >= 0.3 is 0 Å². The monoisotopic (exact) mass is 334 g/mol. The van der Waals surface area contributed by atoms with Crippen LogP contribution in [0.15, 0.2) is 59.7 Å². The van der Waals surface area contributed by atoms with Gasteiger partial charge in [0.05, 0.1) is 6.33 Å². The first-order valence-electron chi connectivity index (χ1n) is 7.87. The molecule has 0 aliphatic carbocycles. The maximum Gasteiger partial charge on any atom is 0.277 e. The number of fused-ring (bicyclic) bond motifs is 1. The number of benzene rings is 2. The molecule has 0 bridgehead atoms. The second kappa shape index (κ2) is 5.98. The second-order valence-electron chi connectivity index (χ2n) is 5.96. The lowest BCUT2D eigenvalue weighted by molar-refractivity contribution is 0.628. The van der Waals surface area contributed by atoms with E-state index in [1.165, 1.54) is 12.1 Å². The predicted octanol–water partition coefficient (Wildman–Crippen LogP) is 3.28. The summed E-state index contributed by atoms with van der Waals surface area (Å²) >= 11 is 0. The van der Waals surface area contributed by atoms with Crippen molar-refractivity contribution in [3.05, 3.63) is 82.2 Å². The van der Waals surface area contributed by atoms with E-state index in [0.717, 1.165) is 11.1 Å². The fraction of sp³-hybridized carbons (Fsp3) is 0.105. The summed E-state index contributed by atoms with van der Waals surface area (Å²) < 4.78 is 15.2. The number of nitrogens with one attached hydrogen (secondary N) is 1. The number of halogens is 1. The molecular weight excluding hydrogens is 319 g/mol. The number of nitrogens with zero attached hydrogens (tertiary/aromatic N) is 3. The normalized spacial score (nSPS) is 11.1. The van der Waals surface area contributed by atoms with Crippen LogP contribution in [0.2, 0.25) is 0 Å². The smallest absolute Gasteiger partial charge is 0.277 e. The Morgan fingerprint density at radius 3 is 2.80 bits per heavy atom. The zero-order chi connectivity index (χ0) is 17.4. The highest BCUT2D eigenvalue weighted by molar-refractivity contribution is 5.72. The van der Waals surface area contributed by atoms with Crippen molar-refractivity contribution < 1.29 is 4.39 Å². The van der Waals surface area contributed by atoms with Gasteiger partial charge in [0.2, 0.25) is 0 Å². The van der Waals surface area contributed by atoms with Crippen molar-refractivity contribution in [3.63, 3.8) is 0 Å². The first-order chi connectivity index (χ1) is 12.1. The molecule has 2 heterocycles. The zero-order valence-electron chi connectivity index (χ0n) is 13.5. The van der Waals surface area contributed by atoms with E-state index in [2.05, 4.69) is 21.0 Å². The zero-order valence-corrected chi connectivity index (χ0v) is 13.5. The van der Waals surface area contributed by atoms with Gasteiger partial charge in [-0.15, -0.1) is 0 Å². The fourth-order valence-corrected chi connectivity index (χ4v) is 2.89. The summed E-state index contributed by atoms with van der Waals surface area (Å²) in [4.78, 5) is 23.9. The number of hydrogen-bond acceptors (Lipinski definition) is 3. The van der Waals surface area contributed by atoms with Crippen molar-refractivity contribution in [1.82, 2.24) is 19.5 Å². The van der Waals surface area contributed by atoms with Gasteiger partial charge in [0, 0.05) is 12.1 Å². The number of aromatic amines is 1. The number of aryl methyl sites for hydroxylation is 1. The van der Waals surface area contributed by atoms with Crippen molar-refractivity contribution in [3.8, 4) is 11.4 Å². The molecule has 0 radical (unpaired) electrons. The van der Waals surface area contributed by atoms with Crippen LogP contribution in [0, 0.1) is 12.7 Å². The van der Waals surface area contributed by atoms with E-state index in [0.29, 0.717) is 29.1 Å². The van der Waals surface area contributed by atoms with E-state index < -0.39 is 0 Å². The molecule has 2 aromatic heterocycles. The van der Waals surface area contributed by atoms with E-state index in [1.807, 2.05) is 25.1 Å². The van der Waals surface area contributed by atoms with Crippen molar-refractivity contribution in [2.24, 2.45) is 0 Å². The van der Waals surface area contributed by atoms with Crippen LogP contribution in [-0.2, 0) is 6.54 Å². The summed E-state index contributed by atoms with van der Waals surface area (Å²) in [5.74, 6) is -0.0805. The lowest BCUT2D eigenvalue weighted by Crippen LogP contribution is -2.13. The summed E-state index contributed by atoms with van der Waals surface area (Å²) in [6, 6.07) is 14.0. The molecule has 1 N–H and O–H groups in total. The summed E-state index contributed by atoms with van der Waals surface area (Å²) in [5, 5.41) is 0. The van der Waals surface area contributed by atoms with Gasteiger partial charge in [-0.1, -0.05) is 42.0 Å². The van der Waals surface area contributed by atoms with Crippen LogP contribution in [0.5, 0.6) is 0 Å². The number of hydrogen-bond donors (Lipinski definition) is 1. The van der Waals surface area contributed by atoms with Gasteiger partial charge in [-0.3, -0.25) is 4.79 Å². The maximum atomic E-state index is 13.4. The van der Waals surface area contributed by atoms with Crippen LogP contribution in [0.3, 0.4) is 0 Å². The maximum absolute atomic E-state index is 13.4. The number of H-pyrrole nitrogens is 1. The average Bonchev–Trinajstić information content (AvgIpc) is 2.98. The van der Waals surface area contributed by atoms with Crippen molar-refractivity contribution >= 4 is 11.2 Å². The molecule has 2 aromatic carbocycles. The van der Waals surface area contributed by atoms with Gasteiger partial charge in [-0.25, -0.2) is 14.4 Å². The quantitative estimate of drug-likeness (QED) is 0.625. The minimum atomic E-state index is -0.384. The lowest BCUT2D eigenvalue weighted by Gasteiger charge is -2.06. The molecule has 0 atom stereocenters. The molecule has 0 fully saturated rings. The van der Waals surface area contributed by atoms with Gasteiger partial charge in [-0.2, -0.15) is 0 Å². The Balaban J connectivity index is 1.78. The Kier molecular flexibility index (Phi) is 3.65. The topological polar surface area (TPSA) is 63.6 Å². The second-order valence-corrected chi connectivity index (χ2v) is 5.96. The number of rotatable bonds is 3. The highest BCUT2D eigenvalue weighted by Crippen LogP contribution is 2.17. The first-order valence-corrected chi connectivity index (χ1v) is 7.87. The van der Waals surface area contributed by atoms with Crippen molar-refractivity contribution in [1.29, 1.82) is 0 Å². The Bertz CT molecular complexity index is 1130. The summed E-state index contributed by atoms with van der Waals surface area (Å²) in [7, 11) is 0. The van der Waals surface area contributed by atoms with Gasteiger partial charge in [0.15, 0.2) is 11.2 Å². The van der Waals surface area contributed by atoms with Gasteiger partial charge in [-0.05, 0) is 24.6 Å². The van der Waals surface area contributed by atoms with E-state index in [1.54, 1.807) is 23.0 Å². The summed E-state index contributed by atoms with van der Waals surface area (Å²) in [6.45, 7) is 2.55. The Labute approximate surface area is 142 Å². The standard InChI is InChI=1S/C19H15FN4O/c1-12-4-2-5-13(8-12)10-24-11-21-18-16(24)19(25)23-17(22-18)14-6-3-7-15(20)9-14/h2-9,11H,10H2,1H3,(H,22,23,25). The van der Waals surface area contributed by atoms with Crippen molar-refractivity contribution in [2.75, 3.05) is 0 Å². The summed E-state index contributed by atoms with van der Waals surface area (Å²) in [6.07, 6.45) is 1.60.